The van der Waals surface area contributed by atoms with Crippen molar-refractivity contribution >= 4 is 70.7 Å². The van der Waals surface area contributed by atoms with E-state index in [1.165, 1.54) is 40.3 Å². The number of carbonyl (C=O) groups is 3. The van der Waals surface area contributed by atoms with Gasteiger partial charge in [0, 0.05) is 27.6 Å². The van der Waals surface area contributed by atoms with Crippen LogP contribution in [0.3, 0.4) is 0 Å². The number of hydroxylamine groups is 2. The number of carbonyl (C=O) groups excluding carboxylic acids is 3. The van der Waals surface area contributed by atoms with Crippen molar-refractivity contribution in [2.24, 2.45) is 5.10 Å². The van der Waals surface area contributed by atoms with Gasteiger partial charge in [0.1, 0.15) is 17.2 Å². The van der Waals surface area contributed by atoms with Crippen molar-refractivity contribution in [1.82, 2.24) is 15.4 Å². The Hall–Kier alpha value is -4.92. The molecule has 0 bridgehead atoms. The average Bonchev–Trinajstić information content (AvgIpc) is 3.51. The number of allylic oxidation sites excluding steroid dienone is 1. The Morgan fingerprint density at radius 2 is 1.74 bits per heavy atom. The first-order valence-corrected chi connectivity index (χ1v) is 13.3. The molecular weight excluding hydrogens is 605 g/mol. The minimum absolute atomic E-state index is 0.205. The minimum Gasteiger partial charge on any atom is -0.401 e. The Morgan fingerprint density at radius 1 is 1.12 bits per heavy atom. The molecule has 1 fully saturated rings. The first-order valence-electron chi connectivity index (χ1n) is 12.5. The van der Waals surface area contributed by atoms with Gasteiger partial charge in [0.25, 0.3) is 5.91 Å². The van der Waals surface area contributed by atoms with E-state index in [9.17, 15) is 29.7 Å². The summed E-state index contributed by atoms with van der Waals surface area (Å²) in [5.74, 6) is -0.889. The largest absolute Gasteiger partial charge is 0.433 e. The summed E-state index contributed by atoms with van der Waals surface area (Å²) in [4.78, 5) is 52.0. The van der Waals surface area contributed by atoms with Crippen LogP contribution in [0.2, 0.25) is 10.0 Å². The molecule has 2 aromatic carbocycles. The van der Waals surface area contributed by atoms with Gasteiger partial charge in [-0.15, -0.1) is 0 Å². The van der Waals surface area contributed by atoms with Gasteiger partial charge >= 0.3 is 17.9 Å². The SMILES string of the molecule is CC1(C)[C@@H](N(O)C(=O)Nc2ccc(Cl)cc2)N(c2ccc(Cl)cc2)C(=O)N1CC(=O)N/N=C/C=C/c1ccc([N+](=O)[O-])o1. The molecule has 0 aliphatic carbocycles. The highest BCUT2D eigenvalue weighted by Gasteiger charge is 2.56. The number of halogens is 2. The molecule has 14 nitrogen and oxygen atoms in total. The molecule has 43 heavy (non-hydrogen) atoms. The minimum atomic E-state index is -1.31. The molecule has 1 saturated heterocycles. The second kappa shape index (κ2) is 12.9. The third kappa shape index (κ3) is 7.12. The van der Waals surface area contributed by atoms with Crippen LogP contribution >= 0.6 is 23.2 Å². The summed E-state index contributed by atoms with van der Waals surface area (Å²) in [7, 11) is 0. The van der Waals surface area contributed by atoms with Gasteiger partial charge in [0.15, 0.2) is 6.17 Å². The Bertz CT molecular complexity index is 1570. The highest BCUT2D eigenvalue weighted by molar-refractivity contribution is 6.31. The number of furan rings is 1. The topological polar surface area (TPSA) is 174 Å². The summed E-state index contributed by atoms with van der Waals surface area (Å²) in [6, 6.07) is 13.4. The van der Waals surface area contributed by atoms with Crippen molar-refractivity contribution in [1.29, 1.82) is 0 Å². The van der Waals surface area contributed by atoms with E-state index in [0.29, 0.717) is 26.5 Å². The number of hydrazone groups is 1. The van der Waals surface area contributed by atoms with Crippen molar-refractivity contribution in [3.8, 4) is 0 Å². The lowest BCUT2D eigenvalue weighted by Crippen LogP contribution is -2.58. The molecule has 1 aliphatic heterocycles. The normalized spacial score (nSPS) is 16.2. The van der Waals surface area contributed by atoms with Crippen molar-refractivity contribution in [3.05, 3.63) is 92.7 Å². The molecule has 4 rings (SSSR count). The van der Waals surface area contributed by atoms with E-state index in [2.05, 4.69) is 15.8 Å². The second-order valence-corrected chi connectivity index (χ2v) is 10.5. The van der Waals surface area contributed by atoms with E-state index >= 15 is 0 Å². The lowest BCUT2D eigenvalue weighted by atomic mass is 9.99. The van der Waals surface area contributed by atoms with Gasteiger partial charge in [-0.1, -0.05) is 23.2 Å². The molecule has 0 unspecified atom stereocenters. The number of nitrogens with zero attached hydrogens (tertiary/aromatic N) is 5. The lowest BCUT2D eigenvalue weighted by Gasteiger charge is -2.38. The number of anilines is 2. The number of nitrogens with one attached hydrogen (secondary N) is 2. The molecule has 0 spiro atoms. The number of hydrogen-bond donors (Lipinski definition) is 3. The fraction of sp³-hybridized carbons (Fsp3) is 0.185. The Balaban J connectivity index is 1.50. The molecule has 0 radical (unpaired) electrons. The van der Waals surface area contributed by atoms with Crippen molar-refractivity contribution < 1.29 is 28.9 Å². The van der Waals surface area contributed by atoms with Crippen molar-refractivity contribution in [3.63, 3.8) is 0 Å². The van der Waals surface area contributed by atoms with E-state index in [-0.39, 0.29) is 5.76 Å². The second-order valence-electron chi connectivity index (χ2n) is 9.63. The predicted molar refractivity (Wildman–Crippen MR) is 159 cm³/mol. The Labute approximate surface area is 254 Å². The van der Waals surface area contributed by atoms with Crippen LogP contribution in [0.5, 0.6) is 0 Å². The highest BCUT2D eigenvalue weighted by atomic mass is 35.5. The molecule has 2 heterocycles. The summed E-state index contributed by atoms with van der Waals surface area (Å²) in [5, 5.41) is 29.4. The molecule has 224 valence electrons. The van der Waals surface area contributed by atoms with Crippen molar-refractivity contribution in [2.75, 3.05) is 16.8 Å². The van der Waals surface area contributed by atoms with Gasteiger partial charge in [0.2, 0.25) is 0 Å². The summed E-state index contributed by atoms with van der Waals surface area (Å²) in [6.07, 6.45) is 2.71. The molecule has 5 amide bonds. The van der Waals surface area contributed by atoms with Gasteiger partial charge in [-0.05, 0) is 80.6 Å². The maximum absolute atomic E-state index is 13.7. The molecule has 1 aliphatic rings. The predicted octanol–water partition coefficient (Wildman–Crippen LogP) is 5.58. The Morgan fingerprint density at radius 3 is 2.35 bits per heavy atom. The zero-order valence-corrected chi connectivity index (χ0v) is 24.2. The van der Waals surface area contributed by atoms with E-state index in [1.54, 1.807) is 62.4 Å². The molecule has 16 heteroatoms. The van der Waals surface area contributed by atoms with Crippen LogP contribution in [0.4, 0.5) is 26.8 Å². The summed E-state index contributed by atoms with van der Waals surface area (Å²) >= 11 is 11.9. The van der Waals surface area contributed by atoms with E-state index in [4.69, 9.17) is 27.6 Å². The number of hydrogen-bond acceptors (Lipinski definition) is 8. The number of rotatable bonds is 9. The number of amides is 5. The molecular formula is C27H25Cl2N7O7. The molecule has 0 saturated carbocycles. The maximum Gasteiger partial charge on any atom is 0.433 e. The number of benzene rings is 2. The summed E-state index contributed by atoms with van der Waals surface area (Å²) < 4.78 is 4.98. The maximum atomic E-state index is 13.7. The van der Waals surface area contributed by atoms with Crippen LogP contribution in [-0.2, 0) is 4.79 Å². The molecule has 3 N–H and O–H groups in total. The zero-order valence-electron chi connectivity index (χ0n) is 22.7. The van der Waals surface area contributed by atoms with Gasteiger partial charge in [0.05, 0.1) is 11.6 Å². The van der Waals surface area contributed by atoms with Crippen LogP contribution in [-0.4, -0.2) is 62.5 Å². The smallest absolute Gasteiger partial charge is 0.401 e. The first kappa shape index (κ1) is 31.0. The van der Waals surface area contributed by atoms with Crippen LogP contribution in [0.1, 0.15) is 19.6 Å². The molecule has 3 aromatic rings. The standard InChI is InChI=1S/C27H25Cl2N7O7/c1-27(2)24(35(40)25(38)31-19-9-5-17(28)6-10-19)34(20-11-7-18(29)8-12-20)26(39)33(27)16-22(37)32-30-15-3-4-21-13-14-23(43-21)36(41)42/h3-15,24,40H,16H2,1-2H3,(H,31,38)(H,32,37)/b4-3+,30-15+/t24-/m1/s1. The van der Waals surface area contributed by atoms with Crippen LogP contribution < -0.4 is 15.6 Å². The van der Waals surface area contributed by atoms with Crippen molar-refractivity contribution in [2.45, 2.75) is 25.6 Å². The number of nitro groups is 1. The van der Waals surface area contributed by atoms with E-state index in [1.807, 2.05) is 0 Å². The fourth-order valence-corrected chi connectivity index (χ4v) is 4.55. The number of urea groups is 2. The molecule has 1 atom stereocenters. The van der Waals surface area contributed by atoms with Gasteiger partial charge in [-0.25, -0.2) is 15.0 Å². The Kier molecular flexibility index (Phi) is 9.34. The average molecular weight is 630 g/mol. The third-order valence-corrected chi connectivity index (χ3v) is 6.86. The monoisotopic (exact) mass is 629 g/mol. The first-order chi connectivity index (χ1) is 20.4. The fourth-order valence-electron chi connectivity index (χ4n) is 4.29. The van der Waals surface area contributed by atoms with Gasteiger partial charge < -0.3 is 14.6 Å². The van der Waals surface area contributed by atoms with Gasteiger partial charge in [-0.3, -0.25) is 25.0 Å². The van der Waals surface area contributed by atoms with Crippen LogP contribution in [0.25, 0.3) is 6.08 Å². The highest BCUT2D eigenvalue weighted by Crippen LogP contribution is 2.38. The molecule has 1 aromatic heterocycles. The summed E-state index contributed by atoms with van der Waals surface area (Å²) in [6.45, 7) is 2.70. The lowest BCUT2D eigenvalue weighted by molar-refractivity contribution is -0.402. The van der Waals surface area contributed by atoms with Crippen LogP contribution in [0, 0.1) is 10.1 Å². The van der Waals surface area contributed by atoms with Gasteiger partial charge in [-0.2, -0.15) is 10.2 Å². The van der Waals surface area contributed by atoms with E-state index in [0.717, 1.165) is 0 Å². The van der Waals surface area contributed by atoms with E-state index < -0.39 is 47.0 Å². The van der Waals surface area contributed by atoms with Crippen LogP contribution in [0.15, 0.2) is 76.3 Å². The third-order valence-electron chi connectivity index (χ3n) is 6.35. The quantitative estimate of drug-likeness (QED) is 0.120. The zero-order chi connectivity index (χ0) is 31.3. The summed E-state index contributed by atoms with van der Waals surface area (Å²) in [5.41, 5.74) is 1.64.